The van der Waals surface area contributed by atoms with Crippen molar-refractivity contribution in [1.82, 2.24) is 15.5 Å². The van der Waals surface area contributed by atoms with Gasteiger partial charge < -0.3 is 15.7 Å². The molecule has 1 aliphatic rings. The fraction of sp³-hybridized carbons (Fsp3) is 0.792. The Hall–Kier alpha value is -1.89. The van der Waals surface area contributed by atoms with Crippen LogP contribution < -0.4 is 10.6 Å². The molecule has 4 atom stereocenters. The lowest BCUT2D eigenvalue weighted by molar-refractivity contribution is -0.135. The molecule has 0 aromatic carbocycles. The van der Waals surface area contributed by atoms with Crippen LogP contribution in [0.5, 0.6) is 0 Å². The number of carboxylic acid groups (broad SMARTS) is 1. The molecule has 178 valence electrons. The molecule has 31 heavy (non-hydrogen) atoms. The second-order valence-electron chi connectivity index (χ2n) is 9.90. The van der Waals surface area contributed by atoms with Crippen molar-refractivity contribution in [2.75, 3.05) is 6.54 Å². The van der Waals surface area contributed by atoms with Gasteiger partial charge in [0.2, 0.25) is 11.8 Å². The fourth-order valence-corrected chi connectivity index (χ4v) is 3.89. The number of aliphatic carboxylic acids is 1. The van der Waals surface area contributed by atoms with Crippen LogP contribution in [0, 0.1) is 17.8 Å². The molecule has 0 spiro atoms. The summed E-state index contributed by atoms with van der Waals surface area (Å²) in [5, 5.41) is 15.1. The van der Waals surface area contributed by atoms with Crippen LogP contribution in [0.4, 0.5) is 0 Å². The van der Waals surface area contributed by atoms with Crippen LogP contribution >= 0.6 is 0 Å². The summed E-state index contributed by atoms with van der Waals surface area (Å²) in [4.78, 5) is 39.8. The Bertz CT molecular complexity index is 657. The Morgan fingerprint density at radius 3 is 2.03 bits per heavy atom. The van der Waals surface area contributed by atoms with Gasteiger partial charge in [0.05, 0.1) is 12.1 Å². The third-order valence-corrected chi connectivity index (χ3v) is 6.38. The van der Waals surface area contributed by atoms with E-state index in [0.717, 1.165) is 25.8 Å². The molecule has 0 aromatic rings. The van der Waals surface area contributed by atoms with E-state index in [-0.39, 0.29) is 41.3 Å². The van der Waals surface area contributed by atoms with Gasteiger partial charge in [-0.25, -0.2) is 4.79 Å². The normalized spacial score (nSPS) is 21.1. The molecule has 1 heterocycles. The topological polar surface area (TPSA) is 98.7 Å². The molecule has 1 saturated heterocycles. The number of amides is 2. The van der Waals surface area contributed by atoms with Crippen LogP contribution in [0.25, 0.3) is 0 Å². The number of likely N-dealkylation sites (tertiary alicyclic amines) is 1. The second kappa shape index (κ2) is 12.2. The molecule has 0 aliphatic carbocycles. The second-order valence-corrected chi connectivity index (χ2v) is 9.90. The van der Waals surface area contributed by atoms with E-state index >= 15 is 0 Å². The quantitative estimate of drug-likeness (QED) is 0.456. The van der Waals surface area contributed by atoms with E-state index in [0.29, 0.717) is 5.92 Å². The smallest absolute Gasteiger partial charge is 0.331 e. The molecule has 1 aliphatic heterocycles. The minimum atomic E-state index is -1.01. The van der Waals surface area contributed by atoms with Crippen molar-refractivity contribution < 1.29 is 19.5 Å². The maximum Gasteiger partial charge on any atom is 0.331 e. The molecule has 2 amide bonds. The van der Waals surface area contributed by atoms with Gasteiger partial charge in [-0.1, -0.05) is 54.0 Å². The predicted octanol–water partition coefficient (Wildman–Crippen LogP) is 3.20. The highest BCUT2D eigenvalue weighted by Gasteiger charge is 2.35. The Kier molecular flexibility index (Phi) is 10.7. The van der Waals surface area contributed by atoms with Crippen LogP contribution in [-0.2, 0) is 14.4 Å². The number of nitrogens with one attached hydrogen (secondary N) is 2. The molecule has 1 fully saturated rings. The van der Waals surface area contributed by atoms with Crippen molar-refractivity contribution >= 4 is 17.8 Å². The minimum Gasteiger partial charge on any atom is -0.478 e. The first-order valence-electron chi connectivity index (χ1n) is 11.6. The molecular formula is C24H43N3O4. The molecule has 0 radical (unpaired) electrons. The number of carboxylic acids is 1. The van der Waals surface area contributed by atoms with Crippen molar-refractivity contribution in [1.29, 1.82) is 0 Å². The van der Waals surface area contributed by atoms with Gasteiger partial charge in [-0.2, -0.15) is 0 Å². The summed E-state index contributed by atoms with van der Waals surface area (Å²) >= 11 is 0. The fourth-order valence-electron chi connectivity index (χ4n) is 3.89. The number of rotatable bonds is 10. The summed E-state index contributed by atoms with van der Waals surface area (Å²) in [6.45, 7) is 16.6. The lowest BCUT2D eigenvalue weighted by atomic mass is 9.94. The number of nitrogens with zero attached hydrogens (tertiary/aromatic N) is 1. The molecule has 0 bridgehead atoms. The number of carbonyl (C=O) groups is 3. The standard InChI is InChI=1S/C24H43N3O4/c1-14(2)18(8)27-12-10-9-11-20(27)22(28)26-21(16(5)6)23(29)25-19(15(3)4)13-17(7)24(30)31/h13-16,18-21H,9-12H2,1-8H3,(H,25,29)(H,26,28)(H,30,31)/b17-13+/t18?,19-,20-,21?/m1/s1. The van der Waals surface area contributed by atoms with E-state index < -0.39 is 18.1 Å². The van der Waals surface area contributed by atoms with E-state index in [1.165, 1.54) is 6.92 Å². The maximum atomic E-state index is 13.2. The zero-order valence-electron chi connectivity index (χ0n) is 20.6. The predicted molar refractivity (Wildman–Crippen MR) is 124 cm³/mol. The van der Waals surface area contributed by atoms with Crippen molar-refractivity contribution in [2.45, 2.75) is 98.8 Å². The Morgan fingerprint density at radius 2 is 1.55 bits per heavy atom. The third-order valence-electron chi connectivity index (χ3n) is 6.38. The highest BCUT2D eigenvalue weighted by atomic mass is 16.4. The summed E-state index contributed by atoms with van der Waals surface area (Å²) in [5.41, 5.74) is 0.185. The van der Waals surface area contributed by atoms with Gasteiger partial charge in [0.25, 0.3) is 0 Å². The summed E-state index contributed by atoms with van der Waals surface area (Å²) in [5.74, 6) is -1.03. The van der Waals surface area contributed by atoms with Crippen LogP contribution in [0.15, 0.2) is 11.6 Å². The minimum absolute atomic E-state index is 0.0162. The highest BCUT2D eigenvalue weighted by Crippen LogP contribution is 2.23. The molecule has 2 unspecified atom stereocenters. The molecule has 7 heteroatoms. The van der Waals surface area contributed by atoms with E-state index in [1.807, 2.05) is 27.7 Å². The van der Waals surface area contributed by atoms with Crippen LogP contribution in [-0.4, -0.2) is 58.5 Å². The Morgan fingerprint density at radius 1 is 0.935 bits per heavy atom. The van der Waals surface area contributed by atoms with E-state index in [1.54, 1.807) is 6.08 Å². The lowest BCUT2D eigenvalue weighted by Gasteiger charge is -2.41. The number of carbonyl (C=O) groups excluding carboxylic acids is 2. The lowest BCUT2D eigenvalue weighted by Crippen LogP contribution is -2.59. The largest absolute Gasteiger partial charge is 0.478 e. The molecule has 0 saturated carbocycles. The Balaban J connectivity index is 2.97. The van der Waals surface area contributed by atoms with E-state index in [9.17, 15) is 19.5 Å². The highest BCUT2D eigenvalue weighted by molar-refractivity contribution is 5.90. The zero-order chi connectivity index (χ0) is 23.9. The van der Waals surface area contributed by atoms with Gasteiger partial charge in [-0.3, -0.25) is 14.5 Å². The van der Waals surface area contributed by atoms with E-state index in [2.05, 4.69) is 36.3 Å². The number of hydrogen-bond donors (Lipinski definition) is 3. The first-order valence-corrected chi connectivity index (χ1v) is 11.6. The average molecular weight is 438 g/mol. The third kappa shape index (κ3) is 7.95. The van der Waals surface area contributed by atoms with E-state index in [4.69, 9.17) is 0 Å². The Labute approximate surface area is 188 Å². The molecule has 7 nitrogen and oxygen atoms in total. The van der Waals surface area contributed by atoms with Crippen molar-refractivity contribution in [3.63, 3.8) is 0 Å². The first-order chi connectivity index (χ1) is 14.4. The molecule has 0 aromatic heterocycles. The van der Waals surface area contributed by atoms with Crippen molar-refractivity contribution in [2.24, 2.45) is 17.8 Å². The van der Waals surface area contributed by atoms with Crippen molar-refractivity contribution in [3.8, 4) is 0 Å². The van der Waals surface area contributed by atoms with Gasteiger partial charge in [0.1, 0.15) is 6.04 Å². The van der Waals surface area contributed by atoms with Gasteiger partial charge in [0.15, 0.2) is 0 Å². The van der Waals surface area contributed by atoms with Crippen LogP contribution in [0.2, 0.25) is 0 Å². The van der Waals surface area contributed by atoms with Crippen molar-refractivity contribution in [3.05, 3.63) is 11.6 Å². The zero-order valence-corrected chi connectivity index (χ0v) is 20.6. The van der Waals surface area contributed by atoms with Crippen LogP contribution in [0.1, 0.15) is 74.7 Å². The van der Waals surface area contributed by atoms with Gasteiger partial charge in [-0.15, -0.1) is 0 Å². The summed E-state index contributed by atoms with van der Waals surface area (Å²) in [6.07, 6.45) is 4.45. The molecule has 3 N–H and O–H groups in total. The molecular weight excluding hydrogens is 394 g/mol. The number of piperidine rings is 1. The van der Waals surface area contributed by atoms with Gasteiger partial charge in [-0.05, 0) is 51.0 Å². The average Bonchev–Trinajstić information content (AvgIpc) is 2.69. The summed E-state index contributed by atoms with van der Waals surface area (Å²) in [6, 6.07) is -1.04. The van der Waals surface area contributed by atoms with Crippen LogP contribution in [0.3, 0.4) is 0 Å². The summed E-state index contributed by atoms with van der Waals surface area (Å²) < 4.78 is 0. The van der Waals surface area contributed by atoms with Gasteiger partial charge >= 0.3 is 5.97 Å². The first kappa shape index (κ1) is 27.1. The summed E-state index contributed by atoms with van der Waals surface area (Å²) in [7, 11) is 0. The monoisotopic (exact) mass is 437 g/mol. The van der Waals surface area contributed by atoms with Gasteiger partial charge in [0, 0.05) is 11.6 Å². The SMILES string of the molecule is C/C(=C\[C@@H](NC(=O)C(NC(=O)[C@H]1CCCCN1C(C)C(C)C)C(C)C)C(C)C)C(=O)O. The number of hydrogen-bond acceptors (Lipinski definition) is 4. The molecule has 1 rings (SSSR count). The maximum absolute atomic E-state index is 13.2.